The molecule has 0 N–H and O–H groups in total. The molecule has 1 aromatic rings. The topological polar surface area (TPSA) is 40.6 Å². The number of nitrogens with zero attached hydrogens (tertiary/aromatic N) is 2. The second-order valence-electron chi connectivity index (χ2n) is 5.87. The Morgan fingerprint density at radius 3 is 2.67 bits per heavy atom. The van der Waals surface area contributed by atoms with Gasteiger partial charge >= 0.3 is 0 Å². The molecular weight excluding hydrogens is 332 g/mol. The Bertz CT molecular complexity index is 582. The van der Waals surface area contributed by atoms with Crippen LogP contribution in [0.3, 0.4) is 0 Å². The zero-order valence-corrected chi connectivity index (χ0v) is 13.7. The highest BCUT2D eigenvalue weighted by Gasteiger charge is 2.37. The highest BCUT2D eigenvalue weighted by atomic mass is 79.9. The van der Waals surface area contributed by atoms with E-state index in [2.05, 4.69) is 15.9 Å². The maximum absolute atomic E-state index is 12.4. The van der Waals surface area contributed by atoms with Crippen LogP contribution >= 0.6 is 15.9 Å². The molecule has 0 aromatic heterocycles. The third-order valence-electron chi connectivity index (χ3n) is 4.36. The van der Waals surface area contributed by atoms with Crippen molar-refractivity contribution >= 4 is 33.4 Å². The fourth-order valence-corrected chi connectivity index (χ4v) is 3.43. The Kier molecular flexibility index (Phi) is 4.02. The average molecular weight is 351 g/mol. The van der Waals surface area contributed by atoms with Crippen LogP contribution in [0.25, 0.3) is 0 Å². The van der Waals surface area contributed by atoms with Gasteiger partial charge in [0.15, 0.2) is 0 Å². The Balaban J connectivity index is 1.74. The first-order chi connectivity index (χ1) is 10.1. The van der Waals surface area contributed by atoms with E-state index in [-0.39, 0.29) is 17.7 Å². The van der Waals surface area contributed by atoms with Crippen LogP contribution in [0.15, 0.2) is 22.7 Å². The van der Waals surface area contributed by atoms with E-state index < -0.39 is 0 Å². The monoisotopic (exact) mass is 350 g/mol. The van der Waals surface area contributed by atoms with E-state index in [9.17, 15) is 9.59 Å². The third-order valence-corrected chi connectivity index (χ3v) is 5.21. The van der Waals surface area contributed by atoms with Crippen molar-refractivity contribution in [2.24, 2.45) is 5.92 Å². The number of hydrogen-bond donors (Lipinski definition) is 0. The lowest BCUT2D eigenvalue weighted by Gasteiger charge is -2.20. The van der Waals surface area contributed by atoms with Gasteiger partial charge < -0.3 is 9.80 Å². The predicted octanol–water partition coefficient (Wildman–Crippen LogP) is 2.73. The molecule has 2 saturated heterocycles. The number of benzene rings is 1. The SMILES string of the molecule is Cc1ccc(N2CC(C(=O)N3CCCC3)CC2=O)cc1Br. The summed E-state index contributed by atoms with van der Waals surface area (Å²) >= 11 is 3.50. The van der Waals surface area contributed by atoms with Gasteiger partial charge in [-0.3, -0.25) is 9.59 Å². The van der Waals surface area contributed by atoms with E-state index in [0.717, 1.165) is 41.7 Å². The van der Waals surface area contributed by atoms with Gasteiger partial charge in [0, 0.05) is 36.2 Å². The molecule has 0 aliphatic carbocycles. The van der Waals surface area contributed by atoms with Crippen LogP contribution < -0.4 is 4.90 Å². The summed E-state index contributed by atoms with van der Waals surface area (Å²) in [6.45, 7) is 4.21. The molecule has 4 nitrogen and oxygen atoms in total. The lowest BCUT2D eigenvalue weighted by molar-refractivity contribution is -0.134. The van der Waals surface area contributed by atoms with Crippen LogP contribution in [0, 0.1) is 12.8 Å². The highest BCUT2D eigenvalue weighted by Crippen LogP contribution is 2.30. The maximum Gasteiger partial charge on any atom is 0.228 e. The molecule has 1 aromatic carbocycles. The first kappa shape index (κ1) is 14.6. The Morgan fingerprint density at radius 2 is 2.00 bits per heavy atom. The second kappa shape index (κ2) is 5.79. The minimum absolute atomic E-state index is 0.0447. The van der Waals surface area contributed by atoms with Gasteiger partial charge in [0.05, 0.1) is 5.92 Å². The van der Waals surface area contributed by atoms with E-state index >= 15 is 0 Å². The van der Waals surface area contributed by atoms with Crippen molar-refractivity contribution < 1.29 is 9.59 Å². The molecule has 2 amide bonds. The molecule has 1 unspecified atom stereocenters. The van der Waals surface area contributed by atoms with Gasteiger partial charge in [0.25, 0.3) is 0 Å². The van der Waals surface area contributed by atoms with Crippen molar-refractivity contribution in [2.45, 2.75) is 26.2 Å². The quantitative estimate of drug-likeness (QED) is 0.822. The average Bonchev–Trinajstić information content (AvgIpc) is 3.10. The van der Waals surface area contributed by atoms with E-state index in [1.54, 1.807) is 4.90 Å². The summed E-state index contributed by atoms with van der Waals surface area (Å²) in [5.74, 6) is 0.00788. The molecule has 21 heavy (non-hydrogen) atoms. The molecule has 2 aliphatic heterocycles. The molecule has 3 rings (SSSR count). The van der Waals surface area contributed by atoms with Crippen LogP contribution in [-0.2, 0) is 9.59 Å². The molecule has 1 atom stereocenters. The highest BCUT2D eigenvalue weighted by molar-refractivity contribution is 9.10. The molecule has 112 valence electrons. The summed E-state index contributed by atoms with van der Waals surface area (Å²) < 4.78 is 0.988. The Labute approximate surface area is 133 Å². The fraction of sp³-hybridized carbons (Fsp3) is 0.500. The molecule has 0 bridgehead atoms. The number of amides is 2. The number of carbonyl (C=O) groups excluding carboxylic acids is 2. The number of anilines is 1. The molecule has 2 aliphatic rings. The summed E-state index contributed by atoms with van der Waals surface area (Å²) in [7, 11) is 0. The van der Waals surface area contributed by atoms with Crippen LogP contribution in [-0.4, -0.2) is 36.3 Å². The fourth-order valence-electron chi connectivity index (χ4n) is 3.07. The molecule has 2 fully saturated rings. The van der Waals surface area contributed by atoms with E-state index in [4.69, 9.17) is 0 Å². The first-order valence-corrected chi connectivity index (χ1v) is 8.21. The van der Waals surface area contributed by atoms with Crippen LogP contribution in [0.1, 0.15) is 24.8 Å². The molecule has 0 radical (unpaired) electrons. The summed E-state index contributed by atoms with van der Waals surface area (Å²) in [5, 5.41) is 0. The first-order valence-electron chi connectivity index (χ1n) is 7.41. The molecule has 2 heterocycles. The predicted molar refractivity (Wildman–Crippen MR) is 85.2 cm³/mol. The van der Waals surface area contributed by atoms with Crippen molar-refractivity contribution in [3.8, 4) is 0 Å². The van der Waals surface area contributed by atoms with Gasteiger partial charge in [0.2, 0.25) is 11.8 Å². The second-order valence-corrected chi connectivity index (χ2v) is 6.73. The van der Waals surface area contributed by atoms with Crippen LogP contribution in [0.5, 0.6) is 0 Å². The van der Waals surface area contributed by atoms with Crippen molar-refractivity contribution in [3.05, 3.63) is 28.2 Å². The molecule has 0 saturated carbocycles. The summed E-state index contributed by atoms with van der Waals surface area (Å²) in [4.78, 5) is 28.3. The summed E-state index contributed by atoms with van der Waals surface area (Å²) in [6.07, 6.45) is 2.50. The Morgan fingerprint density at radius 1 is 1.29 bits per heavy atom. The van der Waals surface area contributed by atoms with E-state index in [0.29, 0.717) is 13.0 Å². The maximum atomic E-state index is 12.4. The lowest BCUT2D eigenvalue weighted by atomic mass is 10.1. The van der Waals surface area contributed by atoms with Gasteiger partial charge in [-0.2, -0.15) is 0 Å². The van der Waals surface area contributed by atoms with Crippen molar-refractivity contribution in [1.29, 1.82) is 0 Å². The zero-order valence-electron chi connectivity index (χ0n) is 12.1. The van der Waals surface area contributed by atoms with Gasteiger partial charge in [0.1, 0.15) is 0 Å². The van der Waals surface area contributed by atoms with Gasteiger partial charge in [-0.1, -0.05) is 22.0 Å². The van der Waals surface area contributed by atoms with Crippen LogP contribution in [0.2, 0.25) is 0 Å². The van der Waals surface area contributed by atoms with Crippen molar-refractivity contribution in [1.82, 2.24) is 4.90 Å². The normalized spacial score (nSPS) is 22.2. The van der Waals surface area contributed by atoms with Gasteiger partial charge in [-0.05, 0) is 37.5 Å². The zero-order chi connectivity index (χ0) is 15.0. The largest absolute Gasteiger partial charge is 0.342 e. The summed E-state index contributed by atoms with van der Waals surface area (Å²) in [5.41, 5.74) is 2.00. The number of carbonyl (C=O) groups is 2. The minimum atomic E-state index is -0.185. The van der Waals surface area contributed by atoms with E-state index in [1.165, 1.54) is 0 Å². The summed E-state index contributed by atoms with van der Waals surface area (Å²) in [6, 6.07) is 5.89. The lowest BCUT2D eigenvalue weighted by Crippen LogP contribution is -2.35. The number of likely N-dealkylation sites (tertiary alicyclic amines) is 1. The standard InChI is InChI=1S/C16H19BrN2O2/c1-11-4-5-13(9-14(11)17)19-10-12(8-15(19)20)16(21)18-6-2-3-7-18/h4-5,9,12H,2-3,6-8,10H2,1H3. The van der Waals surface area contributed by atoms with Gasteiger partial charge in [-0.15, -0.1) is 0 Å². The van der Waals surface area contributed by atoms with Crippen molar-refractivity contribution in [3.63, 3.8) is 0 Å². The molecule has 5 heteroatoms. The number of aryl methyl sites for hydroxylation is 1. The smallest absolute Gasteiger partial charge is 0.228 e. The number of halogens is 1. The van der Waals surface area contributed by atoms with Gasteiger partial charge in [-0.25, -0.2) is 0 Å². The van der Waals surface area contributed by atoms with E-state index in [1.807, 2.05) is 30.0 Å². The van der Waals surface area contributed by atoms with Crippen molar-refractivity contribution in [2.75, 3.05) is 24.5 Å². The minimum Gasteiger partial charge on any atom is -0.342 e. The number of rotatable bonds is 2. The van der Waals surface area contributed by atoms with Crippen LogP contribution in [0.4, 0.5) is 5.69 Å². The molecular formula is C16H19BrN2O2. The third kappa shape index (κ3) is 2.84. The number of hydrogen-bond acceptors (Lipinski definition) is 2. The molecule has 0 spiro atoms. The Hall–Kier alpha value is -1.36.